The maximum Gasteiger partial charge on any atom is 0.269 e. The lowest BCUT2D eigenvalue weighted by Gasteiger charge is -2.10. The fourth-order valence-electron chi connectivity index (χ4n) is 3.43. The van der Waals surface area contributed by atoms with Crippen LogP contribution in [0.15, 0.2) is 61.1 Å². The zero-order valence-corrected chi connectivity index (χ0v) is 17.8. The normalized spacial score (nSPS) is 10.9. The summed E-state index contributed by atoms with van der Waals surface area (Å²) in [6.45, 7) is 2.40. The molecule has 0 spiro atoms. The van der Waals surface area contributed by atoms with Crippen molar-refractivity contribution in [2.45, 2.75) is 13.5 Å². The van der Waals surface area contributed by atoms with Gasteiger partial charge in [-0.3, -0.25) is 19.9 Å². The summed E-state index contributed by atoms with van der Waals surface area (Å²) in [7, 11) is 0. The molecule has 0 aliphatic rings. The maximum atomic E-state index is 12.8. The second-order valence-electron chi connectivity index (χ2n) is 7.03. The molecule has 0 aliphatic carbocycles. The zero-order chi connectivity index (χ0) is 22.1. The van der Waals surface area contributed by atoms with Crippen LogP contribution < -0.4 is 5.32 Å². The Morgan fingerprint density at radius 3 is 2.61 bits per heavy atom. The van der Waals surface area contributed by atoms with Gasteiger partial charge in [-0.2, -0.15) is 0 Å². The summed E-state index contributed by atoms with van der Waals surface area (Å²) in [5.41, 5.74) is 3.42. The van der Waals surface area contributed by atoms with Gasteiger partial charge in [0.1, 0.15) is 0 Å². The molecule has 0 fully saturated rings. The van der Waals surface area contributed by atoms with Crippen LogP contribution in [-0.2, 0) is 6.54 Å². The lowest BCUT2D eigenvalue weighted by molar-refractivity contribution is -0.384. The Bertz CT molecular complexity index is 1310. The molecule has 9 heteroatoms. The van der Waals surface area contributed by atoms with Crippen LogP contribution >= 0.6 is 23.2 Å². The number of pyridine rings is 1. The molecule has 7 nitrogen and oxygen atoms in total. The van der Waals surface area contributed by atoms with E-state index < -0.39 is 4.92 Å². The van der Waals surface area contributed by atoms with E-state index in [0.717, 1.165) is 22.0 Å². The first-order valence-electron chi connectivity index (χ1n) is 9.26. The zero-order valence-electron chi connectivity index (χ0n) is 16.3. The third-order valence-corrected chi connectivity index (χ3v) is 5.48. The molecule has 1 N–H and O–H groups in total. The van der Waals surface area contributed by atoms with Crippen molar-refractivity contribution in [3.63, 3.8) is 0 Å². The predicted octanol–water partition coefficient (Wildman–Crippen LogP) is 5.86. The Hall–Kier alpha value is -3.42. The van der Waals surface area contributed by atoms with Gasteiger partial charge in [0.25, 0.3) is 11.6 Å². The Kier molecular flexibility index (Phi) is 5.63. The number of hydrogen-bond acceptors (Lipinski definition) is 4. The number of carbonyl (C=O) groups excluding carboxylic acids is 1. The fourth-order valence-corrected chi connectivity index (χ4v) is 3.89. The monoisotopic (exact) mass is 454 g/mol. The summed E-state index contributed by atoms with van der Waals surface area (Å²) in [6, 6.07) is 11.9. The first kappa shape index (κ1) is 20.8. The van der Waals surface area contributed by atoms with Gasteiger partial charge in [-0.25, -0.2) is 0 Å². The van der Waals surface area contributed by atoms with Gasteiger partial charge in [0, 0.05) is 53.7 Å². The van der Waals surface area contributed by atoms with E-state index >= 15 is 0 Å². The smallest absolute Gasteiger partial charge is 0.269 e. The van der Waals surface area contributed by atoms with Gasteiger partial charge in [0.05, 0.1) is 20.7 Å². The van der Waals surface area contributed by atoms with Crippen molar-refractivity contribution in [3.8, 4) is 0 Å². The van der Waals surface area contributed by atoms with Gasteiger partial charge >= 0.3 is 0 Å². The first-order valence-corrected chi connectivity index (χ1v) is 10.0. The van der Waals surface area contributed by atoms with Crippen molar-refractivity contribution in [2.75, 3.05) is 5.32 Å². The van der Waals surface area contributed by atoms with E-state index in [1.165, 1.54) is 18.5 Å². The van der Waals surface area contributed by atoms with Gasteiger partial charge in [-0.15, -0.1) is 0 Å². The molecule has 2 heterocycles. The van der Waals surface area contributed by atoms with E-state index in [1.54, 1.807) is 24.3 Å². The van der Waals surface area contributed by atoms with E-state index in [0.29, 0.717) is 17.8 Å². The van der Waals surface area contributed by atoms with Crippen LogP contribution in [0, 0.1) is 17.0 Å². The van der Waals surface area contributed by atoms with E-state index in [-0.39, 0.29) is 21.6 Å². The van der Waals surface area contributed by atoms with E-state index in [1.807, 2.05) is 29.8 Å². The number of carbonyl (C=O) groups is 1. The van der Waals surface area contributed by atoms with Crippen molar-refractivity contribution in [3.05, 3.63) is 97.9 Å². The molecule has 0 radical (unpaired) electrons. The molecule has 2 aromatic carbocycles. The summed E-state index contributed by atoms with van der Waals surface area (Å²) in [4.78, 5) is 27.4. The number of nitrogens with one attached hydrogen (secondary N) is 1. The highest BCUT2D eigenvalue weighted by Gasteiger charge is 2.15. The molecule has 4 rings (SSSR count). The SMILES string of the molecule is Cc1cn(Cc2cccc([N+](=O)[O-])c2)c2cc(C(=O)Nc3c(Cl)cncc3Cl)ccc12. The summed E-state index contributed by atoms with van der Waals surface area (Å²) < 4.78 is 1.97. The van der Waals surface area contributed by atoms with E-state index in [2.05, 4.69) is 10.3 Å². The van der Waals surface area contributed by atoms with Gasteiger partial charge < -0.3 is 9.88 Å². The molecule has 0 saturated heterocycles. The molecule has 156 valence electrons. The van der Waals surface area contributed by atoms with Crippen LogP contribution in [0.3, 0.4) is 0 Å². The molecular weight excluding hydrogens is 439 g/mol. The summed E-state index contributed by atoms with van der Waals surface area (Å²) >= 11 is 12.2. The number of fused-ring (bicyclic) bond motifs is 1. The molecule has 0 bridgehead atoms. The molecular formula is C22H16Cl2N4O3. The number of non-ortho nitro benzene ring substituents is 1. The van der Waals surface area contributed by atoms with Crippen molar-refractivity contribution < 1.29 is 9.72 Å². The average molecular weight is 455 g/mol. The highest BCUT2D eigenvalue weighted by Crippen LogP contribution is 2.30. The number of hydrogen-bond donors (Lipinski definition) is 1. The number of rotatable bonds is 5. The standard InChI is InChI=1S/C22H16Cl2N4O3/c1-13-11-27(12-14-3-2-4-16(7-14)28(30)31)20-8-15(5-6-17(13)20)22(29)26-21-18(23)9-25-10-19(21)24/h2-11H,12H2,1H3,(H,25,26,29). The second-order valence-corrected chi connectivity index (χ2v) is 7.85. The summed E-state index contributed by atoms with van der Waals surface area (Å²) in [5.74, 6) is -0.363. The molecule has 0 unspecified atom stereocenters. The van der Waals surface area contributed by atoms with Gasteiger partial charge in [-0.05, 0) is 30.2 Å². The van der Waals surface area contributed by atoms with Gasteiger partial charge in [0.15, 0.2) is 0 Å². The number of nitro benzene ring substituents is 1. The van der Waals surface area contributed by atoms with Crippen LogP contribution in [0.2, 0.25) is 10.0 Å². The van der Waals surface area contributed by atoms with Crippen molar-refractivity contribution >= 4 is 51.4 Å². The second kappa shape index (κ2) is 8.37. The Labute approximate surface area is 187 Å². The number of anilines is 1. The largest absolute Gasteiger partial charge is 0.343 e. The fraction of sp³-hybridized carbons (Fsp3) is 0.0909. The summed E-state index contributed by atoms with van der Waals surface area (Å²) in [5, 5.41) is 15.3. The number of aromatic nitrogens is 2. The summed E-state index contributed by atoms with van der Waals surface area (Å²) in [6.07, 6.45) is 4.77. The molecule has 0 atom stereocenters. The highest BCUT2D eigenvalue weighted by atomic mass is 35.5. The highest BCUT2D eigenvalue weighted by molar-refractivity contribution is 6.39. The van der Waals surface area contributed by atoms with E-state index in [9.17, 15) is 14.9 Å². The van der Waals surface area contributed by atoms with Crippen LogP contribution in [0.1, 0.15) is 21.5 Å². The molecule has 0 saturated carbocycles. The van der Waals surface area contributed by atoms with Gasteiger partial charge in [-0.1, -0.05) is 41.4 Å². The van der Waals surface area contributed by atoms with Crippen LogP contribution in [0.25, 0.3) is 10.9 Å². The Balaban J connectivity index is 1.68. The lowest BCUT2D eigenvalue weighted by Crippen LogP contribution is -2.13. The minimum absolute atomic E-state index is 0.0388. The number of aryl methyl sites for hydroxylation is 1. The number of nitrogens with zero attached hydrogens (tertiary/aromatic N) is 3. The minimum Gasteiger partial charge on any atom is -0.343 e. The predicted molar refractivity (Wildman–Crippen MR) is 121 cm³/mol. The van der Waals surface area contributed by atoms with Crippen molar-refractivity contribution in [2.24, 2.45) is 0 Å². The van der Waals surface area contributed by atoms with Crippen molar-refractivity contribution in [1.29, 1.82) is 0 Å². The topological polar surface area (TPSA) is 90.1 Å². The Morgan fingerprint density at radius 2 is 1.90 bits per heavy atom. The Morgan fingerprint density at radius 1 is 1.16 bits per heavy atom. The average Bonchev–Trinajstić information content (AvgIpc) is 3.05. The van der Waals surface area contributed by atoms with Crippen LogP contribution in [0.5, 0.6) is 0 Å². The van der Waals surface area contributed by atoms with Crippen molar-refractivity contribution in [1.82, 2.24) is 9.55 Å². The molecule has 1 amide bonds. The molecule has 2 aromatic heterocycles. The quantitative estimate of drug-likeness (QED) is 0.302. The third kappa shape index (κ3) is 4.23. The van der Waals surface area contributed by atoms with Crippen LogP contribution in [0.4, 0.5) is 11.4 Å². The number of benzene rings is 2. The molecule has 0 aliphatic heterocycles. The maximum absolute atomic E-state index is 12.8. The van der Waals surface area contributed by atoms with E-state index in [4.69, 9.17) is 23.2 Å². The number of nitro groups is 1. The van der Waals surface area contributed by atoms with Crippen LogP contribution in [-0.4, -0.2) is 20.4 Å². The molecule has 31 heavy (non-hydrogen) atoms. The lowest BCUT2D eigenvalue weighted by atomic mass is 10.1. The van der Waals surface area contributed by atoms with Gasteiger partial charge in [0.2, 0.25) is 0 Å². The minimum atomic E-state index is -0.416. The number of amides is 1. The first-order chi connectivity index (χ1) is 14.8. The third-order valence-electron chi connectivity index (χ3n) is 4.91. The molecule has 4 aromatic rings. The number of halogens is 2.